The number of benzene rings is 1. The number of nitrogens with one attached hydrogen (secondary N) is 1. The number of nitrogens with zero attached hydrogens (tertiary/aromatic N) is 4. The van der Waals surface area contributed by atoms with Gasteiger partial charge in [0.2, 0.25) is 0 Å². The summed E-state index contributed by atoms with van der Waals surface area (Å²) in [5.74, 6) is 0.245. The lowest BCUT2D eigenvalue weighted by Crippen LogP contribution is -2.28. The van der Waals surface area contributed by atoms with Crippen LogP contribution in [0.25, 0.3) is 27.9 Å². The van der Waals surface area contributed by atoms with Crippen molar-refractivity contribution in [3.05, 3.63) is 78.3 Å². The largest absolute Gasteiger partial charge is 0.496 e. The van der Waals surface area contributed by atoms with Crippen LogP contribution < -0.4 is 4.74 Å². The van der Waals surface area contributed by atoms with Gasteiger partial charge in [0.1, 0.15) is 23.5 Å². The zero-order chi connectivity index (χ0) is 21.2. The molecule has 0 aliphatic carbocycles. The van der Waals surface area contributed by atoms with Crippen LogP contribution in [0.15, 0.2) is 61.2 Å². The maximum absolute atomic E-state index is 13.9. The van der Waals surface area contributed by atoms with Gasteiger partial charge in [-0.05, 0) is 47.9 Å². The van der Waals surface area contributed by atoms with Crippen LogP contribution in [0.3, 0.4) is 0 Å². The van der Waals surface area contributed by atoms with Crippen molar-refractivity contribution in [1.82, 2.24) is 24.8 Å². The van der Waals surface area contributed by atoms with Gasteiger partial charge in [-0.1, -0.05) is 12.1 Å². The van der Waals surface area contributed by atoms with Crippen LogP contribution in [-0.2, 0) is 6.54 Å². The predicted molar refractivity (Wildman–Crippen MR) is 118 cm³/mol. The quantitative estimate of drug-likeness (QED) is 0.521. The third-order valence-electron chi connectivity index (χ3n) is 5.61. The summed E-state index contributed by atoms with van der Waals surface area (Å²) in [5, 5.41) is 0.847. The van der Waals surface area contributed by atoms with E-state index in [2.05, 4.69) is 43.0 Å². The van der Waals surface area contributed by atoms with Crippen molar-refractivity contribution in [2.24, 2.45) is 0 Å². The Morgan fingerprint density at radius 3 is 2.90 bits per heavy atom. The van der Waals surface area contributed by atoms with Gasteiger partial charge >= 0.3 is 0 Å². The lowest BCUT2D eigenvalue weighted by atomic mass is 10.0. The monoisotopic (exact) mass is 415 g/mol. The number of hydrogen-bond acceptors (Lipinski definition) is 5. The van der Waals surface area contributed by atoms with E-state index in [1.807, 2.05) is 12.3 Å². The number of hydrogen-bond donors (Lipinski definition) is 1. The zero-order valence-corrected chi connectivity index (χ0v) is 17.2. The number of aromatic nitrogens is 4. The Balaban J connectivity index is 1.44. The summed E-state index contributed by atoms with van der Waals surface area (Å²) in [6.07, 6.45) is 8.38. The number of ether oxygens (including phenoxy) is 1. The van der Waals surface area contributed by atoms with Crippen LogP contribution >= 0.6 is 0 Å². The summed E-state index contributed by atoms with van der Waals surface area (Å²) in [4.78, 5) is 18.8. The van der Waals surface area contributed by atoms with Gasteiger partial charge in [-0.15, -0.1) is 0 Å². The first-order valence-electron chi connectivity index (χ1n) is 10.2. The highest BCUT2D eigenvalue weighted by Gasteiger charge is 2.18. The first kappa shape index (κ1) is 19.4. The van der Waals surface area contributed by atoms with E-state index in [4.69, 9.17) is 4.74 Å². The van der Waals surface area contributed by atoms with Crippen molar-refractivity contribution in [1.29, 1.82) is 0 Å². The molecule has 156 valence electrons. The molecular formula is C24H22FN5O. The molecule has 31 heavy (non-hydrogen) atoms. The molecule has 0 atom stereocenters. The summed E-state index contributed by atoms with van der Waals surface area (Å²) in [6, 6.07) is 10.6. The SMILES string of the molecule is COc1ccc(F)cc1-c1ncnc2[nH]c(C3=CCN(Cc4cccnc4)CC3)cc12. The maximum atomic E-state index is 13.9. The van der Waals surface area contributed by atoms with Crippen LogP contribution in [0.4, 0.5) is 4.39 Å². The summed E-state index contributed by atoms with van der Waals surface area (Å²) in [7, 11) is 1.57. The minimum atomic E-state index is -0.331. The van der Waals surface area contributed by atoms with E-state index in [0.717, 1.165) is 42.8 Å². The van der Waals surface area contributed by atoms with Crippen molar-refractivity contribution in [2.45, 2.75) is 13.0 Å². The van der Waals surface area contributed by atoms with Gasteiger partial charge in [0, 0.05) is 48.7 Å². The van der Waals surface area contributed by atoms with E-state index in [0.29, 0.717) is 17.0 Å². The van der Waals surface area contributed by atoms with Crippen LogP contribution in [-0.4, -0.2) is 45.0 Å². The Bertz CT molecular complexity index is 1250. The Kier molecular flexibility index (Phi) is 5.18. The second-order valence-corrected chi connectivity index (χ2v) is 7.59. The molecule has 4 heterocycles. The highest BCUT2D eigenvalue weighted by molar-refractivity contribution is 5.94. The topological polar surface area (TPSA) is 66.9 Å². The summed E-state index contributed by atoms with van der Waals surface area (Å²) in [6.45, 7) is 2.72. The van der Waals surface area contributed by atoms with Gasteiger partial charge in [0.05, 0.1) is 12.8 Å². The Hall–Kier alpha value is -3.58. The van der Waals surface area contributed by atoms with E-state index in [-0.39, 0.29) is 5.82 Å². The molecule has 0 saturated heterocycles. The molecule has 0 amide bonds. The fraction of sp³-hybridized carbons (Fsp3) is 0.208. The Morgan fingerprint density at radius 1 is 1.19 bits per heavy atom. The highest BCUT2D eigenvalue weighted by atomic mass is 19.1. The number of halogens is 1. The number of pyridine rings is 1. The van der Waals surface area contributed by atoms with E-state index < -0.39 is 0 Å². The van der Waals surface area contributed by atoms with E-state index in [9.17, 15) is 4.39 Å². The fourth-order valence-electron chi connectivity index (χ4n) is 4.04. The highest BCUT2D eigenvalue weighted by Crippen LogP contribution is 2.35. The first-order valence-corrected chi connectivity index (χ1v) is 10.2. The second-order valence-electron chi connectivity index (χ2n) is 7.59. The van der Waals surface area contributed by atoms with E-state index in [1.54, 1.807) is 19.4 Å². The molecule has 0 bridgehead atoms. The van der Waals surface area contributed by atoms with Crippen molar-refractivity contribution in [3.8, 4) is 17.0 Å². The van der Waals surface area contributed by atoms with Crippen molar-refractivity contribution < 1.29 is 9.13 Å². The van der Waals surface area contributed by atoms with Crippen LogP contribution in [0.1, 0.15) is 17.7 Å². The molecule has 1 N–H and O–H groups in total. The van der Waals surface area contributed by atoms with Crippen LogP contribution in [0, 0.1) is 5.82 Å². The molecule has 0 saturated carbocycles. The summed E-state index contributed by atoms with van der Waals surface area (Å²) < 4.78 is 19.4. The van der Waals surface area contributed by atoms with Crippen molar-refractivity contribution in [2.75, 3.05) is 20.2 Å². The van der Waals surface area contributed by atoms with Gasteiger partial charge in [-0.2, -0.15) is 0 Å². The van der Waals surface area contributed by atoms with Crippen molar-refractivity contribution in [3.63, 3.8) is 0 Å². The molecule has 1 aromatic carbocycles. The molecule has 6 nitrogen and oxygen atoms in total. The molecule has 0 radical (unpaired) electrons. The van der Waals surface area contributed by atoms with Gasteiger partial charge in [-0.3, -0.25) is 9.88 Å². The lowest BCUT2D eigenvalue weighted by molar-refractivity contribution is 0.293. The maximum Gasteiger partial charge on any atom is 0.141 e. The smallest absolute Gasteiger partial charge is 0.141 e. The molecule has 5 rings (SSSR count). The average molecular weight is 415 g/mol. The molecule has 3 aromatic heterocycles. The first-order chi connectivity index (χ1) is 15.2. The fourth-order valence-corrected chi connectivity index (χ4v) is 4.04. The number of methoxy groups -OCH3 is 1. The summed E-state index contributed by atoms with van der Waals surface area (Å²) in [5.41, 5.74) is 5.48. The van der Waals surface area contributed by atoms with Gasteiger partial charge in [0.15, 0.2) is 0 Å². The van der Waals surface area contributed by atoms with Crippen LogP contribution in [0.5, 0.6) is 5.75 Å². The average Bonchev–Trinajstić information content (AvgIpc) is 3.25. The Morgan fingerprint density at radius 2 is 2.13 bits per heavy atom. The predicted octanol–water partition coefficient (Wildman–Crippen LogP) is 4.46. The molecule has 4 aromatic rings. The number of H-pyrrole nitrogens is 1. The summed E-state index contributed by atoms with van der Waals surface area (Å²) >= 11 is 0. The zero-order valence-electron chi connectivity index (χ0n) is 17.2. The third kappa shape index (κ3) is 3.92. The third-order valence-corrected chi connectivity index (χ3v) is 5.61. The van der Waals surface area contributed by atoms with Gasteiger partial charge in [0.25, 0.3) is 0 Å². The molecule has 1 aliphatic rings. The number of rotatable bonds is 5. The van der Waals surface area contributed by atoms with E-state index >= 15 is 0 Å². The van der Waals surface area contributed by atoms with Gasteiger partial charge < -0.3 is 9.72 Å². The molecular weight excluding hydrogens is 393 g/mol. The second kappa shape index (κ2) is 8.28. The normalized spacial score (nSPS) is 14.6. The van der Waals surface area contributed by atoms with Crippen molar-refractivity contribution >= 4 is 16.6 Å². The molecule has 0 unspecified atom stereocenters. The molecule has 0 spiro atoms. The van der Waals surface area contributed by atoms with Gasteiger partial charge in [-0.25, -0.2) is 14.4 Å². The standard InChI is InChI=1S/C24H22FN5O/c1-31-22-5-4-18(25)11-19(22)23-20-12-21(29-24(20)28-15-27-23)17-6-9-30(10-7-17)14-16-3-2-8-26-13-16/h2-6,8,11-13,15H,7,9-10,14H2,1H3,(H,27,28,29). The molecule has 0 fully saturated rings. The minimum Gasteiger partial charge on any atom is -0.496 e. The van der Waals surface area contributed by atoms with E-state index in [1.165, 1.54) is 29.6 Å². The number of fused-ring (bicyclic) bond motifs is 1. The molecule has 1 aliphatic heterocycles. The molecule has 7 heteroatoms. The Labute approximate surface area is 179 Å². The minimum absolute atomic E-state index is 0.331. The number of aromatic amines is 1. The lowest BCUT2D eigenvalue weighted by Gasteiger charge is -2.25. The van der Waals surface area contributed by atoms with Crippen LogP contribution in [0.2, 0.25) is 0 Å².